The van der Waals surface area contributed by atoms with E-state index in [0.29, 0.717) is 28.3 Å². The molecule has 0 saturated heterocycles. The van der Waals surface area contributed by atoms with Crippen molar-refractivity contribution in [1.29, 1.82) is 0 Å². The van der Waals surface area contributed by atoms with Crippen molar-refractivity contribution >= 4 is 50.6 Å². The molecule has 0 spiro atoms. The fourth-order valence-electron chi connectivity index (χ4n) is 6.68. The van der Waals surface area contributed by atoms with Gasteiger partial charge in [0.2, 0.25) is 5.69 Å². The van der Waals surface area contributed by atoms with Gasteiger partial charge < -0.3 is 4.57 Å². The number of fused-ring (bicyclic) bond motifs is 4. The van der Waals surface area contributed by atoms with E-state index in [0.717, 1.165) is 33.2 Å². The van der Waals surface area contributed by atoms with Crippen molar-refractivity contribution in [1.82, 2.24) is 23.7 Å². The summed E-state index contributed by atoms with van der Waals surface area (Å²) in [4.78, 5) is 9.05. The SMILES string of the molecule is [2H]C([2H])([2H])c1ccc([N+]2=C=[N+](c3[c-]c(C(F)(F)c4[c-]c5c(cc4)c4ccncc4n5-c4cc(C(C)(C)C)ccn4)cc(C(C)(C)C)c3)c3ccccc32)cc1.[Pt+2]. The van der Waals surface area contributed by atoms with Gasteiger partial charge in [0.25, 0.3) is 17.3 Å². The van der Waals surface area contributed by atoms with Crippen molar-refractivity contribution < 1.29 is 34.0 Å². The molecule has 53 heavy (non-hydrogen) atoms. The van der Waals surface area contributed by atoms with Crippen LogP contribution in [-0.2, 0) is 37.8 Å². The third-order valence-corrected chi connectivity index (χ3v) is 9.65. The molecule has 0 fully saturated rings. The predicted octanol–water partition coefficient (Wildman–Crippen LogP) is 11.1. The van der Waals surface area contributed by atoms with E-state index in [2.05, 4.69) is 48.9 Å². The molecule has 7 aromatic rings. The number of para-hydroxylation sites is 2. The van der Waals surface area contributed by atoms with Gasteiger partial charge in [0.05, 0.1) is 11.7 Å². The van der Waals surface area contributed by atoms with Crippen LogP contribution in [0, 0.1) is 19.0 Å². The van der Waals surface area contributed by atoms with E-state index in [1.165, 1.54) is 12.1 Å². The molecule has 0 aliphatic carbocycles. The minimum atomic E-state index is -3.51. The molecule has 0 bridgehead atoms. The number of hydrogen-bond donors (Lipinski definition) is 0. The molecule has 1 aliphatic heterocycles. The molecular weight excluding hydrogens is 844 g/mol. The van der Waals surface area contributed by atoms with Crippen LogP contribution in [0.1, 0.15) is 73.5 Å². The zero-order chi connectivity index (χ0) is 39.1. The van der Waals surface area contributed by atoms with Gasteiger partial charge in [-0.3, -0.25) is 4.98 Å². The number of aromatic nitrogens is 3. The Morgan fingerprint density at radius 2 is 1.45 bits per heavy atom. The smallest absolute Gasteiger partial charge is 0.318 e. The van der Waals surface area contributed by atoms with Crippen molar-refractivity contribution in [2.75, 3.05) is 0 Å². The molecule has 0 atom stereocenters. The topological polar surface area (TPSA) is 36.7 Å². The fraction of sp³-hybridized carbons (Fsp3) is 0.222. The van der Waals surface area contributed by atoms with Gasteiger partial charge in [0.15, 0.2) is 0 Å². The number of hydrogen-bond acceptors (Lipinski definition) is 2. The van der Waals surface area contributed by atoms with E-state index in [-0.39, 0.29) is 43.2 Å². The van der Waals surface area contributed by atoms with E-state index in [1.54, 1.807) is 58.1 Å². The first-order valence-corrected chi connectivity index (χ1v) is 17.2. The Bertz CT molecular complexity index is 2730. The molecule has 4 heterocycles. The summed E-state index contributed by atoms with van der Waals surface area (Å²) < 4.78 is 63.2. The molecule has 0 saturated carbocycles. The van der Waals surface area contributed by atoms with Crippen molar-refractivity contribution in [3.05, 3.63) is 150 Å². The van der Waals surface area contributed by atoms with Crippen LogP contribution in [0.15, 0.2) is 110 Å². The third kappa shape index (κ3) is 6.37. The summed E-state index contributed by atoms with van der Waals surface area (Å²) >= 11 is 0. The van der Waals surface area contributed by atoms with E-state index in [9.17, 15) is 0 Å². The Hall–Kier alpha value is -5.09. The number of alkyl halides is 2. The first-order chi connectivity index (χ1) is 25.9. The second kappa shape index (κ2) is 13.1. The van der Waals surface area contributed by atoms with Crippen LogP contribution in [0.25, 0.3) is 27.6 Å². The van der Waals surface area contributed by atoms with Crippen LogP contribution in [0.5, 0.6) is 0 Å². The second-order valence-corrected chi connectivity index (χ2v) is 15.3. The number of rotatable bonds is 5. The van der Waals surface area contributed by atoms with Crippen molar-refractivity contribution in [2.24, 2.45) is 0 Å². The second-order valence-electron chi connectivity index (χ2n) is 15.3. The monoisotopic (exact) mass is 885 g/mol. The van der Waals surface area contributed by atoms with Gasteiger partial charge in [-0.15, -0.1) is 17.0 Å². The quantitative estimate of drug-likeness (QED) is 0.128. The molecule has 1 aliphatic rings. The maximum Gasteiger partial charge on any atom is 2.00 e. The van der Waals surface area contributed by atoms with Crippen LogP contribution >= 0.6 is 0 Å². The average Bonchev–Trinajstić information content (AvgIpc) is 3.70. The van der Waals surface area contributed by atoms with Gasteiger partial charge in [-0.2, -0.15) is 18.2 Å². The molecule has 8 heteroatoms. The first-order valence-electron chi connectivity index (χ1n) is 18.7. The normalized spacial score (nSPS) is 14.2. The maximum absolute atomic E-state index is 17.2. The molecule has 0 radical (unpaired) electrons. The third-order valence-electron chi connectivity index (χ3n) is 9.65. The van der Waals surface area contributed by atoms with Gasteiger partial charge in [0.1, 0.15) is 11.5 Å². The molecule has 8 rings (SSSR count). The summed E-state index contributed by atoms with van der Waals surface area (Å²) in [6.45, 7) is 10.1. The van der Waals surface area contributed by atoms with Gasteiger partial charge in [-0.05, 0) is 51.4 Å². The Kier molecular flexibility index (Phi) is 8.04. The maximum atomic E-state index is 17.2. The summed E-state index contributed by atoms with van der Waals surface area (Å²) in [5.41, 5.74) is 4.48. The fourth-order valence-corrected chi connectivity index (χ4v) is 6.68. The number of benzene rings is 4. The van der Waals surface area contributed by atoms with E-state index in [1.807, 2.05) is 73.9 Å². The number of nitrogens with zero attached hydrogens (tertiary/aromatic N) is 5. The molecule has 0 N–H and O–H groups in total. The summed E-state index contributed by atoms with van der Waals surface area (Å²) in [5.74, 6) is -2.91. The Labute approximate surface area is 327 Å². The zero-order valence-corrected chi connectivity index (χ0v) is 32.5. The summed E-state index contributed by atoms with van der Waals surface area (Å²) in [6.07, 6.45) is 5.17. The molecule has 0 amide bonds. The van der Waals surface area contributed by atoms with Gasteiger partial charge in [0, 0.05) is 40.8 Å². The summed E-state index contributed by atoms with van der Waals surface area (Å²) in [6, 6.07) is 36.1. The minimum absolute atomic E-state index is 0. The summed E-state index contributed by atoms with van der Waals surface area (Å²) in [7, 11) is 0. The van der Waals surface area contributed by atoms with Crippen molar-refractivity contribution in [3.8, 4) is 5.82 Å². The van der Waals surface area contributed by atoms with Crippen LogP contribution in [0.2, 0.25) is 0 Å². The molecule has 266 valence electrons. The van der Waals surface area contributed by atoms with Crippen LogP contribution in [0.4, 0.5) is 31.5 Å². The Morgan fingerprint density at radius 1 is 0.736 bits per heavy atom. The van der Waals surface area contributed by atoms with E-state index >= 15 is 8.78 Å². The minimum Gasteiger partial charge on any atom is -0.318 e. The van der Waals surface area contributed by atoms with E-state index in [4.69, 9.17) is 4.11 Å². The molecular formula is C45H39F2N5Pt+2. The summed E-state index contributed by atoms with van der Waals surface area (Å²) in [5, 5.41) is 1.62. The number of aryl methyl sites for hydroxylation is 1. The molecule has 4 aromatic carbocycles. The largest absolute Gasteiger partial charge is 2.00 e. The molecule has 5 nitrogen and oxygen atoms in total. The number of halogens is 2. The van der Waals surface area contributed by atoms with Crippen molar-refractivity contribution in [3.63, 3.8) is 0 Å². The standard InChI is InChI=1S/C45H39F2N5.Pt/c1-29-12-15-34(16-13-29)50-28-51(39-11-9-8-10-38(39)50)35-23-32(44(5,6)7)22-33(24-35)45(46,47)31-14-17-36-37-19-20-48-27-41(37)52(40(36)25-31)42-26-30(18-21-49-42)43(2,3)4;/h8-23,26-27H,1-7H3;/q;+2/i1D3;. The van der Waals surface area contributed by atoms with E-state index < -0.39 is 18.2 Å². The first kappa shape index (κ1) is 32.6. The van der Waals surface area contributed by atoms with Gasteiger partial charge in [-0.25, -0.2) is 13.8 Å². The predicted molar refractivity (Wildman–Crippen MR) is 206 cm³/mol. The zero-order valence-electron chi connectivity index (χ0n) is 33.2. The van der Waals surface area contributed by atoms with Crippen LogP contribution in [-0.4, -0.2) is 20.5 Å². The molecule has 0 unspecified atom stereocenters. The van der Waals surface area contributed by atoms with Crippen LogP contribution < -0.4 is 9.15 Å². The number of pyridine rings is 2. The van der Waals surface area contributed by atoms with Crippen LogP contribution in [0.3, 0.4) is 0 Å². The van der Waals surface area contributed by atoms with Gasteiger partial charge >= 0.3 is 27.1 Å². The van der Waals surface area contributed by atoms with Crippen molar-refractivity contribution in [2.45, 2.75) is 65.1 Å². The Morgan fingerprint density at radius 3 is 2.15 bits per heavy atom. The molecule has 3 aromatic heterocycles. The van der Waals surface area contributed by atoms with Gasteiger partial charge in [-0.1, -0.05) is 105 Å². The Balaban J connectivity index is 0.00000480. The average molecular weight is 886 g/mol.